The summed E-state index contributed by atoms with van der Waals surface area (Å²) in [5, 5.41) is 8.65. The molecule has 0 radical (unpaired) electrons. The van der Waals surface area contributed by atoms with E-state index in [-0.39, 0.29) is 29.2 Å². The second kappa shape index (κ2) is 8.33. The van der Waals surface area contributed by atoms with E-state index in [1.807, 2.05) is 12.1 Å². The van der Waals surface area contributed by atoms with Gasteiger partial charge in [-0.05, 0) is 18.2 Å². The first-order chi connectivity index (χ1) is 12.5. The van der Waals surface area contributed by atoms with Crippen molar-refractivity contribution in [1.82, 2.24) is 15.1 Å². The Kier molecular flexibility index (Phi) is 5.90. The smallest absolute Gasteiger partial charge is 0.277 e. The van der Waals surface area contributed by atoms with E-state index in [1.54, 1.807) is 37.4 Å². The molecular weight excluding hydrogens is 377 g/mol. The van der Waals surface area contributed by atoms with Gasteiger partial charge < -0.3 is 9.32 Å². The van der Waals surface area contributed by atoms with E-state index in [0.29, 0.717) is 22.0 Å². The van der Waals surface area contributed by atoms with Crippen molar-refractivity contribution < 1.29 is 13.6 Å². The molecule has 0 spiro atoms. The first kappa shape index (κ1) is 18.4. The van der Waals surface area contributed by atoms with Crippen LogP contribution in [0, 0.1) is 5.82 Å². The van der Waals surface area contributed by atoms with Crippen molar-refractivity contribution >= 4 is 29.3 Å². The number of carbonyl (C=O) groups is 1. The maximum Gasteiger partial charge on any atom is 0.277 e. The van der Waals surface area contributed by atoms with Crippen LogP contribution >= 0.6 is 23.4 Å². The van der Waals surface area contributed by atoms with Gasteiger partial charge in [0.1, 0.15) is 5.82 Å². The predicted octanol–water partition coefficient (Wildman–Crippen LogP) is 4.28. The Labute approximate surface area is 159 Å². The lowest BCUT2D eigenvalue weighted by Gasteiger charge is -2.16. The van der Waals surface area contributed by atoms with Crippen LogP contribution in [0.2, 0.25) is 5.02 Å². The Morgan fingerprint density at radius 2 is 1.92 bits per heavy atom. The average molecular weight is 392 g/mol. The molecule has 1 heterocycles. The molecule has 1 aromatic heterocycles. The molecule has 0 aliphatic carbocycles. The van der Waals surface area contributed by atoms with Crippen molar-refractivity contribution in [3.05, 3.63) is 64.9 Å². The van der Waals surface area contributed by atoms with Gasteiger partial charge in [-0.3, -0.25) is 4.79 Å². The summed E-state index contributed by atoms with van der Waals surface area (Å²) in [6, 6.07) is 13.5. The Morgan fingerprint density at radius 1 is 1.19 bits per heavy atom. The number of benzene rings is 2. The molecule has 8 heteroatoms. The first-order valence-electron chi connectivity index (χ1n) is 7.73. The van der Waals surface area contributed by atoms with Crippen molar-refractivity contribution in [2.75, 3.05) is 12.8 Å². The van der Waals surface area contributed by atoms with E-state index in [1.165, 1.54) is 11.0 Å². The summed E-state index contributed by atoms with van der Waals surface area (Å²) in [5.41, 5.74) is 1.10. The van der Waals surface area contributed by atoms with E-state index < -0.39 is 0 Å². The van der Waals surface area contributed by atoms with Crippen LogP contribution in [0.5, 0.6) is 0 Å². The zero-order valence-electron chi connectivity index (χ0n) is 13.9. The lowest BCUT2D eigenvalue weighted by Crippen LogP contribution is -2.28. The molecule has 0 aliphatic heterocycles. The molecule has 1 amide bonds. The van der Waals surface area contributed by atoms with Gasteiger partial charge >= 0.3 is 0 Å². The third-order valence-electron chi connectivity index (χ3n) is 3.62. The largest absolute Gasteiger partial charge is 0.411 e. The molecule has 0 saturated heterocycles. The maximum atomic E-state index is 13.7. The van der Waals surface area contributed by atoms with E-state index in [4.69, 9.17) is 16.0 Å². The predicted molar refractivity (Wildman–Crippen MR) is 98.3 cm³/mol. The molecule has 26 heavy (non-hydrogen) atoms. The van der Waals surface area contributed by atoms with Crippen LogP contribution in [-0.2, 0) is 11.3 Å². The van der Waals surface area contributed by atoms with Crippen molar-refractivity contribution in [3.8, 4) is 11.5 Å². The molecule has 2 aromatic carbocycles. The molecule has 0 aliphatic rings. The van der Waals surface area contributed by atoms with Gasteiger partial charge in [-0.15, -0.1) is 10.2 Å². The Balaban J connectivity index is 1.58. The van der Waals surface area contributed by atoms with Gasteiger partial charge in [0.05, 0.1) is 16.3 Å². The molecule has 3 aromatic rings. The normalized spacial score (nSPS) is 10.7. The van der Waals surface area contributed by atoms with Gasteiger partial charge in [0.25, 0.3) is 5.22 Å². The van der Waals surface area contributed by atoms with Crippen molar-refractivity contribution in [1.29, 1.82) is 0 Å². The maximum absolute atomic E-state index is 13.7. The zero-order valence-corrected chi connectivity index (χ0v) is 15.4. The lowest BCUT2D eigenvalue weighted by molar-refractivity contribution is -0.127. The summed E-state index contributed by atoms with van der Waals surface area (Å²) >= 11 is 7.23. The van der Waals surface area contributed by atoms with Gasteiger partial charge in [-0.2, -0.15) is 0 Å². The van der Waals surface area contributed by atoms with Gasteiger partial charge in [0, 0.05) is 19.2 Å². The Morgan fingerprint density at radius 3 is 2.69 bits per heavy atom. The monoisotopic (exact) mass is 391 g/mol. The number of halogens is 2. The average Bonchev–Trinajstić information content (AvgIpc) is 3.10. The number of thioether (sulfide) groups is 1. The highest BCUT2D eigenvalue weighted by Crippen LogP contribution is 2.28. The fraction of sp³-hybridized carbons (Fsp3) is 0.167. The number of nitrogens with zero attached hydrogens (tertiary/aromatic N) is 3. The number of hydrogen-bond donors (Lipinski definition) is 0. The number of rotatable bonds is 6. The van der Waals surface area contributed by atoms with Crippen LogP contribution < -0.4 is 0 Å². The van der Waals surface area contributed by atoms with Crippen LogP contribution in [-0.4, -0.2) is 33.8 Å². The summed E-state index contributed by atoms with van der Waals surface area (Å²) in [7, 11) is 1.62. The molecule has 3 rings (SSSR count). The van der Waals surface area contributed by atoms with Crippen LogP contribution in [0.3, 0.4) is 0 Å². The first-order valence-corrected chi connectivity index (χ1v) is 9.09. The van der Waals surface area contributed by atoms with Crippen LogP contribution in [0.4, 0.5) is 4.39 Å². The minimum atomic E-state index is -0.332. The lowest BCUT2D eigenvalue weighted by atomic mass is 10.2. The van der Waals surface area contributed by atoms with Gasteiger partial charge in [-0.25, -0.2) is 4.39 Å². The molecule has 0 N–H and O–H groups in total. The van der Waals surface area contributed by atoms with Crippen LogP contribution in [0.25, 0.3) is 11.5 Å². The van der Waals surface area contributed by atoms with E-state index >= 15 is 0 Å². The van der Waals surface area contributed by atoms with E-state index in [2.05, 4.69) is 10.2 Å². The summed E-state index contributed by atoms with van der Waals surface area (Å²) in [6.45, 7) is 0.195. The Hall–Kier alpha value is -2.38. The van der Waals surface area contributed by atoms with Gasteiger partial charge in [0.15, 0.2) is 0 Å². The highest BCUT2D eigenvalue weighted by Gasteiger charge is 2.16. The molecular formula is C18H15ClFN3O2S. The fourth-order valence-corrected chi connectivity index (χ4v) is 3.14. The van der Waals surface area contributed by atoms with Gasteiger partial charge in [0.2, 0.25) is 11.8 Å². The molecule has 0 unspecified atom stereocenters. The van der Waals surface area contributed by atoms with Crippen molar-refractivity contribution in [2.24, 2.45) is 0 Å². The SMILES string of the molecule is CN(Cc1ccccc1F)C(=O)CSc1nnc(-c2ccccc2Cl)o1. The number of amides is 1. The standard InChI is InChI=1S/C18H15ClFN3O2S/c1-23(10-12-6-2-5-9-15(12)20)16(24)11-26-18-22-21-17(25-18)13-7-3-4-8-14(13)19/h2-9H,10-11H2,1H3. The zero-order chi connectivity index (χ0) is 18.5. The van der Waals surface area contributed by atoms with E-state index in [0.717, 1.165) is 11.8 Å². The molecule has 0 fully saturated rings. The van der Waals surface area contributed by atoms with Gasteiger partial charge in [-0.1, -0.05) is 53.7 Å². The van der Waals surface area contributed by atoms with E-state index in [9.17, 15) is 9.18 Å². The Bertz CT molecular complexity index is 919. The highest BCUT2D eigenvalue weighted by molar-refractivity contribution is 7.99. The second-order valence-electron chi connectivity index (χ2n) is 5.48. The molecule has 0 atom stereocenters. The number of aromatic nitrogens is 2. The summed E-state index contributed by atoms with van der Waals surface area (Å²) in [4.78, 5) is 13.7. The molecule has 0 saturated carbocycles. The second-order valence-corrected chi connectivity index (χ2v) is 6.82. The van der Waals surface area contributed by atoms with Crippen molar-refractivity contribution in [3.63, 3.8) is 0 Å². The summed E-state index contributed by atoms with van der Waals surface area (Å²) in [6.07, 6.45) is 0. The number of hydrogen-bond acceptors (Lipinski definition) is 5. The fourth-order valence-electron chi connectivity index (χ4n) is 2.22. The minimum absolute atomic E-state index is 0.106. The molecule has 134 valence electrons. The summed E-state index contributed by atoms with van der Waals surface area (Å²) in [5.74, 6) is -0.100. The van der Waals surface area contributed by atoms with Crippen molar-refractivity contribution in [2.45, 2.75) is 11.8 Å². The quantitative estimate of drug-likeness (QED) is 0.587. The highest BCUT2D eigenvalue weighted by atomic mass is 35.5. The van der Waals surface area contributed by atoms with Crippen LogP contribution in [0.1, 0.15) is 5.56 Å². The molecule has 0 bridgehead atoms. The summed E-state index contributed by atoms with van der Waals surface area (Å²) < 4.78 is 19.2. The molecule has 5 nitrogen and oxygen atoms in total. The minimum Gasteiger partial charge on any atom is -0.411 e. The third kappa shape index (κ3) is 4.42. The topological polar surface area (TPSA) is 59.2 Å². The number of carbonyl (C=O) groups excluding carboxylic acids is 1. The van der Waals surface area contributed by atoms with Crippen LogP contribution in [0.15, 0.2) is 58.2 Å². The third-order valence-corrected chi connectivity index (χ3v) is 4.75.